The van der Waals surface area contributed by atoms with Crippen molar-refractivity contribution in [2.45, 2.75) is 31.7 Å². The highest BCUT2D eigenvalue weighted by Crippen LogP contribution is 2.25. The monoisotopic (exact) mass is 362 g/mol. The lowest BCUT2D eigenvalue weighted by Gasteiger charge is -2.26. The van der Waals surface area contributed by atoms with Crippen molar-refractivity contribution in [3.05, 3.63) is 71.3 Å². The maximum absolute atomic E-state index is 12.8. The fourth-order valence-electron chi connectivity index (χ4n) is 4.06. The van der Waals surface area contributed by atoms with Gasteiger partial charge in [0, 0.05) is 25.6 Å². The molecule has 2 heterocycles. The minimum Gasteiger partial charge on any atom is -0.339 e. The third-order valence-corrected chi connectivity index (χ3v) is 5.44. The second-order valence-electron chi connectivity index (χ2n) is 7.13. The molecule has 27 heavy (non-hydrogen) atoms. The topological polar surface area (TPSA) is 57.7 Å². The van der Waals surface area contributed by atoms with Crippen LogP contribution < -0.4 is 0 Å². The van der Waals surface area contributed by atoms with Gasteiger partial charge in [-0.1, -0.05) is 42.5 Å². The lowest BCUT2D eigenvalue weighted by Crippen LogP contribution is -2.40. The van der Waals surface area contributed by atoms with Gasteiger partial charge in [0.25, 0.3) is 11.8 Å². The first-order chi connectivity index (χ1) is 13.1. The number of likely N-dealkylation sites (tertiary alicyclic amines) is 1. The Balaban J connectivity index is 1.38. The second kappa shape index (κ2) is 7.35. The Labute approximate surface area is 158 Å². The van der Waals surface area contributed by atoms with Crippen molar-refractivity contribution < 1.29 is 14.4 Å². The van der Waals surface area contributed by atoms with Crippen LogP contribution in [-0.4, -0.2) is 46.7 Å². The molecule has 0 bridgehead atoms. The van der Waals surface area contributed by atoms with Gasteiger partial charge in [0.2, 0.25) is 5.91 Å². The van der Waals surface area contributed by atoms with Crippen LogP contribution in [0, 0.1) is 0 Å². The lowest BCUT2D eigenvalue weighted by atomic mass is 10.0. The number of benzene rings is 2. The first-order valence-corrected chi connectivity index (χ1v) is 9.44. The van der Waals surface area contributed by atoms with E-state index in [1.165, 1.54) is 10.5 Å². The molecule has 5 nitrogen and oxygen atoms in total. The van der Waals surface area contributed by atoms with Gasteiger partial charge in [0.1, 0.15) is 0 Å². The molecule has 1 fully saturated rings. The van der Waals surface area contributed by atoms with Crippen LogP contribution in [0.5, 0.6) is 0 Å². The Bertz CT molecular complexity index is 843. The van der Waals surface area contributed by atoms with Gasteiger partial charge in [-0.2, -0.15) is 0 Å². The number of hydrogen-bond acceptors (Lipinski definition) is 3. The van der Waals surface area contributed by atoms with Crippen LogP contribution >= 0.6 is 0 Å². The Morgan fingerprint density at radius 2 is 1.56 bits per heavy atom. The van der Waals surface area contributed by atoms with E-state index in [9.17, 15) is 14.4 Å². The van der Waals surface area contributed by atoms with E-state index in [-0.39, 0.29) is 36.7 Å². The van der Waals surface area contributed by atoms with E-state index >= 15 is 0 Å². The number of carbonyl (C=O) groups is 3. The third kappa shape index (κ3) is 3.37. The second-order valence-corrected chi connectivity index (χ2v) is 7.13. The van der Waals surface area contributed by atoms with E-state index in [2.05, 4.69) is 12.1 Å². The van der Waals surface area contributed by atoms with E-state index in [0.29, 0.717) is 11.1 Å². The Morgan fingerprint density at radius 3 is 2.22 bits per heavy atom. The van der Waals surface area contributed by atoms with Gasteiger partial charge < -0.3 is 4.90 Å². The lowest BCUT2D eigenvalue weighted by molar-refractivity contribution is -0.132. The van der Waals surface area contributed by atoms with E-state index in [1.807, 2.05) is 23.1 Å². The summed E-state index contributed by atoms with van der Waals surface area (Å²) in [6.07, 6.45) is 3.01. The molecule has 4 rings (SSSR count). The van der Waals surface area contributed by atoms with Crippen molar-refractivity contribution in [1.82, 2.24) is 9.80 Å². The highest BCUT2D eigenvalue weighted by Gasteiger charge is 2.36. The van der Waals surface area contributed by atoms with E-state index in [4.69, 9.17) is 0 Å². The van der Waals surface area contributed by atoms with Gasteiger partial charge in [-0.3, -0.25) is 19.3 Å². The van der Waals surface area contributed by atoms with Crippen LogP contribution in [0.15, 0.2) is 54.6 Å². The zero-order chi connectivity index (χ0) is 18.8. The van der Waals surface area contributed by atoms with Crippen molar-refractivity contribution in [3.63, 3.8) is 0 Å². The summed E-state index contributed by atoms with van der Waals surface area (Å²) in [6.45, 7) is 0.887. The van der Waals surface area contributed by atoms with Crippen LogP contribution in [0.2, 0.25) is 0 Å². The van der Waals surface area contributed by atoms with Crippen molar-refractivity contribution in [3.8, 4) is 0 Å². The number of amides is 3. The van der Waals surface area contributed by atoms with Crippen molar-refractivity contribution >= 4 is 17.7 Å². The molecule has 2 aromatic rings. The largest absolute Gasteiger partial charge is 0.339 e. The standard InChI is InChI=1S/C22H22N2O3/c25-20(23-13-6-9-17(23)15-16-7-2-1-3-8-16)12-14-24-21(26)18-10-4-5-11-19(18)22(24)27/h1-5,7-8,10-11,17H,6,9,12-15H2. The summed E-state index contributed by atoms with van der Waals surface area (Å²) in [5, 5.41) is 0. The van der Waals surface area contributed by atoms with Crippen LogP contribution in [0.4, 0.5) is 0 Å². The van der Waals surface area contributed by atoms with Crippen molar-refractivity contribution in [1.29, 1.82) is 0 Å². The molecule has 0 spiro atoms. The SMILES string of the molecule is O=C1c2ccccc2C(=O)N1CCC(=O)N1CCCC1Cc1ccccc1. The molecule has 2 aromatic carbocycles. The molecule has 5 heteroatoms. The highest BCUT2D eigenvalue weighted by molar-refractivity contribution is 6.21. The first-order valence-electron chi connectivity index (χ1n) is 9.44. The number of fused-ring (bicyclic) bond motifs is 1. The fraction of sp³-hybridized carbons (Fsp3) is 0.318. The smallest absolute Gasteiger partial charge is 0.261 e. The summed E-state index contributed by atoms with van der Waals surface area (Å²) in [5.41, 5.74) is 2.08. The zero-order valence-electron chi connectivity index (χ0n) is 15.1. The number of nitrogens with zero attached hydrogens (tertiary/aromatic N) is 2. The minimum atomic E-state index is -0.300. The number of carbonyl (C=O) groups excluding carboxylic acids is 3. The predicted molar refractivity (Wildman–Crippen MR) is 101 cm³/mol. The van der Waals surface area contributed by atoms with Gasteiger partial charge in [0.05, 0.1) is 11.1 Å². The van der Waals surface area contributed by atoms with Crippen molar-refractivity contribution in [2.24, 2.45) is 0 Å². The first kappa shape index (κ1) is 17.5. The van der Waals surface area contributed by atoms with Crippen LogP contribution in [-0.2, 0) is 11.2 Å². The molecule has 3 amide bonds. The summed E-state index contributed by atoms with van der Waals surface area (Å²) in [7, 11) is 0. The molecule has 0 aliphatic carbocycles. The van der Waals surface area contributed by atoms with Crippen LogP contribution in [0.25, 0.3) is 0 Å². The van der Waals surface area contributed by atoms with Crippen LogP contribution in [0.3, 0.4) is 0 Å². The summed E-state index contributed by atoms with van der Waals surface area (Å²) < 4.78 is 0. The molecule has 1 unspecified atom stereocenters. The summed E-state index contributed by atoms with van der Waals surface area (Å²) in [6, 6.07) is 17.2. The normalized spacial score (nSPS) is 18.9. The third-order valence-electron chi connectivity index (χ3n) is 5.44. The molecule has 0 N–H and O–H groups in total. The molecular weight excluding hydrogens is 340 g/mol. The Hall–Kier alpha value is -2.95. The highest BCUT2D eigenvalue weighted by atomic mass is 16.2. The fourth-order valence-corrected chi connectivity index (χ4v) is 4.06. The molecule has 0 radical (unpaired) electrons. The molecule has 2 aliphatic heterocycles. The Morgan fingerprint density at radius 1 is 0.926 bits per heavy atom. The molecule has 1 saturated heterocycles. The number of imide groups is 1. The maximum atomic E-state index is 12.8. The Kier molecular flexibility index (Phi) is 4.75. The predicted octanol–water partition coefficient (Wildman–Crippen LogP) is 2.91. The van der Waals surface area contributed by atoms with Crippen LogP contribution in [0.1, 0.15) is 45.5 Å². The molecule has 1 atom stereocenters. The molecule has 0 aromatic heterocycles. The zero-order valence-corrected chi connectivity index (χ0v) is 15.1. The minimum absolute atomic E-state index is 0.0185. The molecule has 138 valence electrons. The van der Waals surface area contributed by atoms with Gasteiger partial charge in [-0.05, 0) is 37.0 Å². The number of hydrogen-bond donors (Lipinski definition) is 0. The van der Waals surface area contributed by atoms with E-state index in [1.54, 1.807) is 24.3 Å². The van der Waals surface area contributed by atoms with Gasteiger partial charge >= 0.3 is 0 Å². The molecular formula is C22H22N2O3. The van der Waals surface area contributed by atoms with Crippen molar-refractivity contribution in [2.75, 3.05) is 13.1 Å². The molecule has 0 saturated carbocycles. The summed E-state index contributed by atoms with van der Waals surface area (Å²) in [4.78, 5) is 40.7. The maximum Gasteiger partial charge on any atom is 0.261 e. The average molecular weight is 362 g/mol. The van der Waals surface area contributed by atoms with Gasteiger partial charge in [0.15, 0.2) is 0 Å². The summed E-state index contributed by atoms with van der Waals surface area (Å²) >= 11 is 0. The van der Waals surface area contributed by atoms with E-state index < -0.39 is 0 Å². The average Bonchev–Trinajstić information content (AvgIpc) is 3.25. The molecule has 2 aliphatic rings. The van der Waals surface area contributed by atoms with Gasteiger partial charge in [-0.15, -0.1) is 0 Å². The number of rotatable bonds is 5. The van der Waals surface area contributed by atoms with E-state index in [0.717, 1.165) is 25.8 Å². The quantitative estimate of drug-likeness (QED) is 0.769. The van der Waals surface area contributed by atoms with Gasteiger partial charge in [-0.25, -0.2) is 0 Å². The summed E-state index contributed by atoms with van der Waals surface area (Å²) in [5.74, 6) is -0.582.